The lowest BCUT2D eigenvalue weighted by atomic mass is 10.1. The topological polar surface area (TPSA) is 94.8 Å². The number of hydrogen-bond acceptors (Lipinski definition) is 5. The highest BCUT2D eigenvalue weighted by Gasteiger charge is 2.23. The average molecular weight is 248 g/mol. The molecule has 7 heteroatoms. The molecule has 0 radical (unpaired) electrons. The Morgan fingerprint density at radius 3 is 2.27 bits per heavy atom. The van der Waals surface area contributed by atoms with E-state index in [0.29, 0.717) is 0 Å². The first-order chi connectivity index (χ1) is 6.86. The van der Waals surface area contributed by atoms with Gasteiger partial charge in [0, 0.05) is 5.37 Å². The zero-order valence-corrected chi connectivity index (χ0v) is 8.99. The quantitative estimate of drug-likeness (QED) is 0.420. The Hall–Kier alpha value is -1.18. The van der Waals surface area contributed by atoms with E-state index in [0.717, 1.165) is 17.5 Å². The van der Waals surface area contributed by atoms with Crippen molar-refractivity contribution in [3.8, 4) is 11.5 Å². The average Bonchev–Trinajstić information content (AvgIpc) is 2.10. The first kappa shape index (κ1) is 11.9. The van der Waals surface area contributed by atoms with Crippen LogP contribution in [-0.4, -0.2) is 28.6 Å². The highest BCUT2D eigenvalue weighted by Crippen LogP contribution is 2.29. The molecule has 1 aromatic carbocycles. The number of hydrogen-bond donors (Lipinski definition) is 3. The summed E-state index contributed by atoms with van der Waals surface area (Å²) in [6.45, 7) is 0. The molecule has 82 valence electrons. The Bertz CT molecular complexity index is 480. The summed E-state index contributed by atoms with van der Waals surface area (Å²) in [5.41, 5.74) is 0.0859. The summed E-state index contributed by atoms with van der Waals surface area (Å²) < 4.78 is 30.6. The molecular weight excluding hydrogens is 240 g/mol. The van der Waals surface area contributed by atoms with Crippen molar-refractivity contribution in [1.82, 2.24) is 0 Å². The van der Waals surface area contributed by atoms with Gasteiger partial charge in [0.1, 0.15) is 5.25 Å². The summed E-state index contributed by atoms with van der Waals surface area (Å²) in [6, 6.07) is 3.38. The summed E-state index contributed by atoms with van der Waals surface area (Å²) in [5, 5.41) is 17.6. The van der Waals surface area contributed by atoms with Crippen LogP contribution in [0, 0.1) is 0 Å². The highest BCUT2D eigenvalue weighted by atomic mass is 32.2. The number of phenolic OH excluding ortho intramolecular Hbond substituents is 2. The Balaban J connectivity index is 3.26. The lowest BCUT2D eigenvalue weighted by Gasteiger charge is -2.09. The second-order valence-electron chi connectivity index (χ2n) is 2.82. The summed E-state index contributed by atoms with van der Waals surface area (Å²) >= 11 is 4.47. The Kier molecular flexibility index (Phi) is 3.28. The number of phenols is 2. The van der Waals surface area contributed by atoms with Gasteiger partial charge in [-0.2, -0.15) is 8.42 Å². The van der Waals surface area contributed by atoms with E-state index in [4.69, 9.17) is 14.8 Å². The van der Waals surface area contributed by atoms with Crippen LogP contribution in [0.3, 0.4) is 0 Å². The molecule has 1 aromatic rings. The third-order valence-corrected chi connectivity index (χ3v) is 3.27. The standard InChI is InChI=1S/C8H8O5S2/c9-6-2-1-5(3-7(6)10)8(4-14)15(11,12)13/h1-4,8-10H,(H,11,12,13). The summed E-state index contributed by atoms with van der Waals surface area (Å²) in [5.74, 6) is -0.852. The molecule has 0 fully saturated rings. The maximum Gasteiger partial charge on any atom is 0.276 e. The second-order valence-corrected chi connectivity index (χ2v) is 4.63. The molecule has 0 bridgehead atoms. The maximum absolute atomic E-state index is 10.9. The van der Waals surface area contributed by atoms with Gasteiger partial charge >= 0.3 is 0 Å². The highest BCUT2D eigenvalue weighted by molar-refractivity contribution is 7.89. The third-order valence-electron chi connectivity index (χ3n) is 1.77. The molecule has 0 amide bonds. The van der Waals surface area contributed by atoms with E-state index in [1.807, 2.05) is 0 Å². The van der Waals surface area contributed by atoms with Gasteiger partial charge in [-0.1, -0.05) is 18.3 Å². The predicted molar refractivity (Wildman–Crippen MR) is 57.7 cm³/mol. The van der Waals surface area contributed by atoms with Crippen LogP contribution in [0.2, 0.25) is 0 Å². The molecule has 0 aromatic heterocycles. The molecule has 1 rings (SSSR count). The molecule has 3 N–H and O–H groups in total. The first-order valence-electron chi connectivity index (χ1n) is 3.79. The molecule has 1 unspecified atom stereocenters. The molecular formula is C8H8O5S2. The van der Waals surface area contributed by atoms with E-state index >= 15 is 0 Å². The van der Waals surface area contributed by atoms with Crippen molar-refractivity contribution in [3.63, 3.8) is 0 Å². The van der Waals surface area contributed by atoms with Crippen LogP contribution in [0.25, 0.3) is 0 Å². The van der Waals surface area contributed by atoms with Crippen LogP contribution in [0.4, 0.5) is 0 Å². The SMILES string of the molecule is O=S(=O)(O)C(C=S)c1ccc(O)c(O)c1. The predicted octanol–water partition coefficient (Wildman–Crippen LogP) is 1.03. The monoisotopic (exact) mass is 248 g/mol. The fraction of sp³-hybridized carbons (Fsp3) is 0.125. The molecule has 0 aliphatic carbocycles. The minimum atomic E-state index is -4.35. The first-order valence-corrected chi connectivity index (χ1v) is 5.77. The van der Waals surface area contributed by atoms with Crippen molar-refractivity contribution in [2.45, 2.75) is 5.25 Å². The van der Waals surface area contributed by atoms with Gasteiger partial charge < -0.3 is 10.2 Å². The minimum Gasteiger partial charge on any atom is -0.504 e. The fourth-order valence-corrected chi connectivity index (χ4v) is 2.25. The van der Waals surface area contributed by atoms with Gasteiger partial charge in [-0.05, 0) is 17.7 Å². The molecule has 0 spiro atoms. The third kappa shape index (κ3) is 2.65. The maximum atomic E-state index is 10.9. The van der Waals surface area contributed by atoms with E-state index in [9.17, 15) is 8.42 Å². The molecule has 0 aliphatic heterocycles. The van der Waals surface area contributed by atoms with E-state index in [-0.39, 0.29) is 11.3 Å². The summed E-state index contributed by atoms with van der Waals surface area (Å²) in [7, 11) is -4.35. The molecule has 1 atom stereocenters. The van der Waals surface area contributed by atoms with Crippen LogP contribution in [0.15, 0.2) is 18.2 Å². The number of benzene rings is 1. The lowest BCUT2D eigenvalue weighted by molar-refractivity contribution is 0.403. The molecule has 0 saturated carbocycles. The van der Waals surface area contributed by atoms with Gasteiger partial charge in [-0.25, -0.2) is 0 Å². The van der Waals surface area contributed by atoms with Crippen LogP contribution < -0.4 is 0 Å². The number of thiocarbonyl (C=S) groups is 1. The van der Waals surface area contributed by atoms with Crippen LogP contribution in [0.5, 0.6) is 11.5 Å². The van der Waals surface area contributed by atoms with Gasteiger partial charge in [-0.15, -0.1) is 0 Å². The Morgan fingerprint density at radius 1 is 1.27 bits per heavy atom. The van der Waals surface area contributed by atoms with Gasteiger partial charge in [0.15, 0.2) is 11.5 Å². The van der Waals surface area contributed by atoms with Crippen LogP contribution in [-0.2, 0) is 10.1 Å². The summed E-state index contributed by atoms with van der Waals surface area (Å²) in [4.78, 5) is 0. The van der Waals surface area contributed by atoms with Crippen molar-refractivity contribution in [3.05, 3.63) is 23.8 Å². The van der Waals surface area contributed by atoms with E-state index < -0.39 is 21.1 Å². The van der Waals surface area contributed by atoms with Crippen molar-refractivity contribution < 1.29 is 23.2 Å². The molecule has 15 heavy (non-hydrogen) atoms. The molecule has 5 nitrogen and oxygen atoms in total. The largest absolute Gasteiger partial charge is 0.504 e. The van der Waals surface area contributed by atoms with Crippen molar-refractivity contribution in [1.29, 1.82) is 0 Å². The van der Waals surface area contributed by atoms with Crippen molar-refractivity contribution in [2.24, 2.45) is 0 Å². The van der Waals surface area contributed by atoms with Gasteiger partial charge in [0.05, 0.1) is 0 Å². The van der Waals surface area contributed by atoms with Crippen molar-refractivity contribution >= 4 is 27.7 Å². The van der Waals surface area contributed by atoms with E-state index in [1.54, 1.807) is 0 Å². The number of rotatable bonds is 3. The van der Waals surface area contributed by atoms with Gasteiger partial charge in [0.2, 0.25) is 0 Å². The summed E-state index contributed by atoms with van der Waals surface area (Å²) in [6.07, 6.45) is 0. The lowest BCUT2D eigenvalue weighted by Crippen LogP contribution is -2.12. The molecule has 0 aliphatic rings. The van der Waals surface area contributed by atoms with E-state index in [1.165, 1.54) is 6.07 Å². The van der Waals surface area contributed by atoms with E-state index in [2.05, 4.69) is 12.2 Å². The molecule has 0 heterocycles. The van der Waals surface area contributed by atoms with Crippen LogP contribution >= 0.6 is 12.2 Å². The number of aromatic hydroxyl groups is 2. The van der Waals surface area contributed by atoms with Gasteiger partial charge in [-0.3, -0.25) is 4.55 Å². The zero-order chi connectivity index (χ0) is 11.6. The minimum absolute atomic E-state index is 0.0859. The smallest absolute Gasteiger partial charge is 0.276 e. The Morgan fingerprint density at radius 2 is 1.87 bits per heavy atom. The van der Waals surface area contributed by atoms with Crippen molar-refractivity contribution in [2.75, 3.05) is 0 Å². The second kappa shape index (κ2) is 4.13. The molecule has 0 saturated heterocycles. The van der Waals surface area contributed by atoms with Gasteiger partial charge in [0.25, 0.3) is 10.1 Å². The zero-order valence-electron chi connectivity index (χ0n) is 7.36. The van der Waals surface area contributed by atoms with Crippen LogP contribution in [0.1, 0.15) is 10.8 Å². The fourth-order valence-electron chi connectivity index (χ4n) is 1.04. The Labute approximate surface area is 91.7 Å². The normalized spacial score (nSPS) is 13.4.